The Morgan fingerprint density at radius 3 is 2.50 bits per heavy atom. The van der Waals surface area contributed by atoms with Gasteiger partial charge in [-0.1, -0.05) is 51.6 Å². The van der Waals surface area contributed by atoms with Crippen molar-refractivity contribution in [2.75, 3.05) is 5.73 Å². The summed E-state index contributed by atoms with van der Waals surface area (Å²) in [5.74, 6) is 0.899. The van der Waals surface area contributed by atoms with Crippen molar-refractivity contribution >= 4 is 5.88 Å². The van der Waals surface area contributed by atoms with Gasteiger partial charge in [0, 0.05) is 5.56 Å². The third-order valence-corrected chi connectivity index (χ3v) is 2.93. The molecular formula is C13H24N2O. The molecule has 0 aromatic carbocycles. The number of rotatable bonds is 7. The van der Waals surface area contributed by atoms with Gasteiger partial charge in [-0.25, -0.2) is 0 Å². The second kappa shape index (κ2) is 6.56. The Balaban J connectivity index is 2.41. The van der Waals surface area contributed by atoms with Crippen LogP contribution in [0.25, 0.3) is 0 Å². The number of aromatic nitrogens is 1. The summed E-state index contributed by atoms with van der Waals surface area (Å²) >= 11 is 0. The summed E-state index contributed by atoms with van der Waals surface area (Å²) in [6.07, 6.45) is 7.40. The van der Waals surface area contributed by atoms with Crippen LogP contribution < -0.4 is 5.73 Å². The van der Waals surface area contributed by atoms with Gasteiger partial charge in [-0.2, -0.15) is 0 Å². The molecule has 1 heterocycles. The lowest BCUT2D eigenvalue weighted by atomic mass is 9.99. The van der Waals surface area contributed by atoms with Gasteiger partial charge in [-0.15, -0.1) is 0 Å². The van der Waals surface area contributed by atoms with Gasteiger partial charge in [0.1, 0.15) is 0 Å². The van der Waals surface area contributed by atoms with Gasteiger partial charge in [0.15, 0.2) is 0 Å². The zero-order valence-corrected chi connectivity index (χ0v) is 10.8. The lowest BCUT2D eigenvalue weighted by molar-refractivity contribution is 0.425. The molecule has 2 N–H and O–H groups in total. The van der Waals surface area contributed by atoms with Gasteiger partial charge in [0.2, 0.25) is 5.88 Å². The number of nitrogens with two attached hydrogens (primary N) is 1. The smallest absolute Gasteiger partial charge is 0.225 e. The highest BCUT2D eigenvalue weighted by Gasteiger charge is 2.15. The van der Waals surface area contributed by atoms with E-state index in [4.69, 9.17) is 10.3 Å². The Labute approximate surface area is 98.4 Å². The molecule has 1 rings (SSSR count). The molecule has 0 unspecified atom stereocenters. The predicted octanol–water partition coefficient (Wildman–Crippen LogP) is 3.89. The van der Waals surface area contributed by atoms with Crippen molar-refractivity contribution in [1.82, 2.24) is 5.16 Å². The fourth-order valence-corrected chi connectivity index (χ4v) is 2.04. The maximum Gasteiger partial charge on any atom is 0.225 e. The molecule has 0 radical (unpaired) electrons. The van der Waals surface area contributed by atoms with Crippen LogP contribution in [0, 0.1) is 0 Å². The van der Waals surface area contributed by atoms with Crippen LogP contribution >= 0.6 is 0 Å². The van der Waals surface area contributed by atoms with Gasteiger partial charge in [-0.3, -0.25) is 0 Å². The number of hydrogen-bond acceptors (Lipinski definition) is 3. The Kier molecular flexibility index (Phi) is 5.36. The van der Waals surface area contributed by atoms with E-state index in [1.54, 1.807) is 0 Å². The largest absolute Gasteiger partial charge is 0.367 e. The van der Waals surface area contributed by atoms with E-state index in [9.17, 15) is 0 Å². The zero-order chi connectivity index (χ0) is 12.0. The average Bonchev–Trinajstić information content (AvgIpc) is 2.59. The number of nitrogens with zero attached hydrogens (tertiary/aromatic N) is 1. The Bertz CT molecular complexity index is 305. The van der Waals surface area contributed by atoms with Crippen molar-refractivity contribution in [3.8, 4) is 0 Å². The molecule has 1 aromatic rings. The number of hydrogen-bond donors (Lipinski definition) is 1. The highest BCUT2D eigenvalue weighted by molar-refractivity contribution is 5.41. The van der Waals surface area contributed by atoms with E-state index in [0.29, 0.717) is 11.8 Å². The van der Waals surface area contributed by atoms with Crippen LogP contribution in [0.1, 0.15) is 70.1 Å². The molecule has 0 aliphatic rings. The zero-order valence-electron chi connectivity index (χ0n) is 10.8. The third kappa shape index (κ3) is 3.54. The van der Waals surface area contributed by atoms with Crippen LogP contribution in [-0.2, 0) is 6.42 Å². The second-order valence-corrected chi connectivity index (χ2v) is 4.73. The first-order valence-electron chi connectivity index (χ1n) is 6.40. The Morgan fingerprint density at radius 2 is 1.88 bits per heavy atom. The monoisotopic (exact) mass is 224 g/mol. The van der Waals surface area contributed by atoms with Crippen LogP contribution in [0.4, 0.5) is 5.88 Å². The Hall–Kier alpha value is -0.990. The van der Waals surface area contributed by atoms with Crippen molar-refractivity contribution < 1.29 is 4.52 Å². The molecule has 0 bridgehead atoms. The van der Waals surface area contributed by atoms with Crippen molar-refractivity contribution in [2.24, 2.45) is 0 Å². The molecule has 0 spiro atoms. The standard InChI is InChI=1S/C13H24N2O/c1-4-5-6-7-8-9-11-12(10(2)3)13(14)16-15-11/h10H,4-9,14H2,1-3H3. The van der Waals surface area contributed by atoms with E-state index < -0.39 is 0 Å². The number of unbranched alkanes of at least 4 members (excludes halogenated alkanes) is 4. The molecular weight excluding hydrogens is 200 g/mol. The van der Waals surface area contributed by atoms with Crippen LogP contribution in [0.5, 0.6) is 0 Å². The van der Waals surface area contributed by atoms with E-state index in [-0.39, 0.29) is 0 Å². The van der Waals surface area contributed by atoms with Gasteiger partial charge in [0.05, 0.1) is 5.69 Å². The van der Waals surface area contributed by atoms with Crippen LogP contribution in [0.15, 0.2) is 4.52 Å². The van der Waals surface area contributed by atoms with Gasteiger partial charge in [-0.05, 0) is 18.8 Å². The summed E-state index contributed by atoms with van der Waals surface area (Å²) in [7, 11) is 0. The first-order chi connectivity index (χ1) is 7.66. The SMILES string of the molecule is CCCCCCCc1noc(N)c1C(C)C. The molecule has 0 aliphatic heterocycles. The molecule has 3 heteroatoms. The predicted molar refractivity (Wildman–Crippen MR) is 67.5 cm³/mol. The van der Waals surface area contributed by atoms with E-state index in [2.05, 4.69) is 25.9 Å². The summed E-state index contributed by atoms with van der Waals surface area (Å²) in [6, 6.07) is 0. The summed E-state index contributed by atoms with van der Waals surface area (Å²) in [5, 5.41) is 4.05. The molecule has 3 nitrogen and oxygen atoms in total. The van der Waals surface area contributed by atoms with Gasteiger partial charge in [0.25, 0.3) is 0 Å². The number of aryl methyl sites for hydroxylation is 1. The van der Waals surface area contributed by atoms with Gasteiger partial charge >= 0.3 is 0 Å². The minimum Gasteiger partial charge on any atom is -0.367 e. The van der Waals surface area contributed by atoms with Crippen molar-refractivity contribution in [3.05, 3.63) is 11.3 Å². The van der Waals surface area contributed by atoms with Crippen LogP contribution in [0.3, 0.4) is 0 Å². The van der Waals surface area contributed by atoms with Crippen molar-refractivity contribution in [1.29, 1.82) is 0 Å². The lowest BCUT2D eigenvalue weighted by Gasteiger charge is -2.05. The number of anilines is 1. The maximum absolute atomic E-state index is 5.77. The molecule has 0 saturated carbocycles. The van der Waals surface area contributed by atoms with E-state index in [0.717, 1.165) is 17.7 Å². The average molecular weight is 224 g/mol. The molecule has 1 aromatic heterocycles. The summed E-state index contributed by atoms with van der Waals surface area (Å²) in [5.41, 5.74) is 7.93. The summed E-state index contributed by atoms with van der Waals surface area (Å²) < 4.78 is 5.06. The van der Waals surface area contributed by atoms with Crippen LogP contribution in [-0.4, -0.2) is 5.16 Å². The fraction of sp³-hybridized carbons (Fsp3) is 0.769. The second-order valence-electron chi connectivity index (χ2n) is 4.73. The minimum atomic E-state index is 0.400. The van der Waals surface area contributed by atoms with Crippen LogP contribution in [0.2, 0.25) is 0 Å². The topological polar surface area (TPSA) is 52.0 Å². The molecule has 0 fully saturated rings. The molecule has 16 heavy (non-hydrogen) atoms. The highest BCUT2D eigenvalue weighted by atomic mass is 16.5. The van der Waals surface area contributed by atoms with E-state index in [1.165, 1.54) is 32.1 Å². The lowest BCUT2D eigenvalue weighted by Crippen LogP contribution is -1.97. The first kappa shape index (κ1) is 13.1. The highest BCUT2D eigenvalue weighted by Crippen LogP contribution is 2.26. The molecule has 0 saturated heterocycles. The van der Waals surface area contributed by atoms with E-state index in [1.807, 2.05) is 0 Å². The molecule has 0 atom stereocenters. The van der Waals surface area contributed by atoms with E-state index >= 15 is 0 Å². The summed E-state index contributed by atoms with van der Waals surface area (Å²) in [4.78, 5) is 0. The Morgan fingerprint density at radius 1 is 1.19 bits per heavy atom. The molecule has 0 amide bonds. The molecule has 92 valence electrons. The van der Waals surface area contributed by atoms with Crippen molar-refractivity contribution in [3.63, 3.8) is 0 Å². The van der Waals surface area contributed by atoms with Crippen molar-refractivity contribution in [2.45, 2.75) is 65.2 Å². The first-order valence-corrected chi connectivity index (χ1v) is 6.40. The fourth-order valence-electron chi connectivity index (χ4n) is 2.04. The normalized spacial score (nSPS) is 11.2. The quantitative estimate of drug-likeness (QED) is 0.715. The minimum absolute atomic E-state index is 0.400. The molecule has 0 aliphatic carbocycles. The van der Waals surface area contributed by atoms with Gasteiger partial charge < -0.3 is 10.3 Å². The third-order valence-electron chi connectivity index (χ3n) is 2.93. The summed E-state index contributed by atoms with van der Waals surface area (Å²) in [6.45, 7) is 6.49. The maximum atomic E-state index is 5.77. The number of nitrogen functional groups attached to an aromatic ring is 1.